The molecule has 0 fully saturated rings. The number of benzene rings is 14. The first-order valence-corrected chi connectivity index (χ1v) is 41.3. The van der Waals surface area contributed by atoms with Crippen LogP contribution in [0.1, 0.15) is 153 Å². The van der Waals surface area contributed by atoms with Crippen LogP contribution < -0.4 is 28.5 Å². The molecule has 4 aliphatic heterocycles. The molecule has 4 nitrogen and oxygen atoms in total. The van der Waals surface area contributed by atoms with Crippen LogP contribution in [0.3, 0.4) is 0 Å². The van der Waals surface area contributed by atoms with Gasteiger partial charge in [-0.25, -0.2) is 0 Å². The molecule has 0 saturated carbocycles. The van der Waals surface area contributed by atoms with Crippen molar-refractivity contribution < 1.29 is 0 Å². The van der Waals surface area contributed by atoms with E-state index < -0.39 is 5.41 Å². The molecule has 0 aromatic heterocycles. The zero-order valence-electron chi connectivity index (χ0n) is 66.1. The van der Waals surface area contributed by atoms with E-state index in [4.69, 9.17) is 0 Å². The molecular formula is C104H100N4SSe. The van der Waals surface area contributed by atoms with Gasteiger partial charge in [0.1, 0.15) is 0 Å². The molecule has 4 heterocycles. The monoisotopic (exact) mass is 1520 g/mol. The van der Waals surface area contributed by atoms with Crippen LogP contribution in [-0.2, 0) is 32.5 Å². The molecule has 0 N–H and O–H groups in total. The summed E-state index contributed by atoms with van der Waals surface area (Å²) < 4.78 is 2.90. The molecule has 0 saturated heterocycles. The van der Waals surface area contributed by atoms with Gasteiger partial charge >= 0.3 is 150 Å². The second kappa shape index (κ2) is 30.2. The van der Waals surface area contributed by atoms with Crippen molar-refractivity contribution in [2.24, 2.45) is 0 Å². The molecule has 0 aliphatic carbocycles. The van der Waals surface area contributed by atoms with Crippen molar-refractivity contribution >= 4 is 104 Å². The number of nitrogens with zero attached hydrogens (tertiary/aromatic N) is 4. The fourth-order valence-corrected chi connectivity index (χ4v) is 19.3. The summed E-state index contributed by atoms with van der Waals surface area (Å²) in [5.74, 6) is 0. The first-order valence-electron chi connectivity index (χ1n) is 38.7. The molecule has 0 atom stereocenters. The number of anilines is 12. The summed E-state index contributed by atoms with van der Waals surface area (Å²) in [5.41, 5.74) is 28.5. The SMILES string of the molecule is CC(C)(C)c1ccc(N2c3ccccc3C(C)(C)c3ccccc32)cc1.CC(C)(C)c1ccc(N2c3ccccc3C(c3ccccc3)(c3ccccc3)c3ccccc32)cc1.CC(C)(C)c1ccc(N2c3ccccc3Sc3ccccc32)cc1.CC(C)(C)c1ccc(N2c3ccccc3[Se]c3ccccc32)cc1. The third kappa shape index (κ3) is 14.5. The van der Waals surface area contributed by atoms with E-state index in [2.05, 4.69) is 468 Å². The van der Waals surface area contributed by atoms with E-state index in [0.29, 0.717) is 15.0 Å². The summed E-state index contributed by atoms with van der Waals surface area (Å²) in [4.78, 5) is 12.2. The first kappa shape index (κ1) is 74.6. The molecule has 18 rings (SSSR count). The van der Waals surface area contributed by atoms with Crippen LogP contribution in [0.5, 0.6) is 0 Å². The molecule has 0 spiro atoms. The van der Waals surface area contributed by atoms with Crippen LogP contribution in [-0.4, -0.2) is 15.0 Å². The van der Waals surface area contributed by atoms with Gasteiger partial charge in [0.05, 0.1) is 39.5 Å². The Balaban J connectivity index is 0.000000118. The Morgan fingerprint density at radius 2 is 0.455 bits per heavy atom. The third-order valence-electron chi connectivity index (χ3n) is 22.0. The van der Waals surface area contributed by atoms with Gasteiger partial charge in [0.2, 0.25) is 0 Å². The topological polar surface area (TPSA) is 13.0 Å². The number of hydrogen-bond acceptors (Lipinski definition) is 5. The van der Waals surface area contributed by atoms with Gasteiger partial charge in [0.25, 0.3) is 0 Å². The van der Waals surface area contributed by atoms with Crippen LogP contribution >= 0.6 is 11.8 Å². The predicted molar refractivity (Wildman–Crippen MR) is 472 cm³/mol. The number of fused-ring (bicyclic) bond motifs is 8. The maximum atomic E-state index is 2.43. The van der Waals surface area contributed by atoms with E-state index in [1.807, 2.05) is 11.8 Å². The third-order valence-corrected chi connectivity index (χ3v) is 25.5. The Morgan fingerprint density at radius 1 is 0.227 bits per heavy atom. The second-order valence-corrected chi connectivity index (χ2v) is 37.1. The summed E-state index contributed by atoms with van der Waals surface area (Å²) in [7, 11) is 0. The van der Waals surface area contributed by atoms with Crippen LogP contribution in [0.15, 0.2) is 362 Å². The number of para-hydroxylation sites is 8. The van der Waals surface area contributed by atoms with Gasteiger partial charge in [-0.05, 0) is 151 Å². The average molecular weight is 1520 g/mol. The van der Waals surface area contributed by atoms with Crippen LogP contribution in [0, 0.1) is 0 Å². The van der Waals surface area contributed by atoms with Crippen LogP contribution in [0.2, 0.25) is 0 Å². The van der Waals surface area contributed by atoms with E-state index in [0.717, 1.165) is 0 Å². The Hall–Kier alpha value is -10.9. The van der Waals surface area contributed by atoms with Crippen molar-refractivity contribution in [2.45, 2.75) is 139 Å². The summed E-state index contributed by atoms with van der Waals surface area (Å²) >= 11 is 2.22. The van der Waals surface area contributed by atoms with E-state index in [1.54, 1.807) is 0 Å². The normalized spacial score (nSPS) is 14.1. The van der Waals surface area contributed by atoms with Gasteiger partial charge in [-0.15, -0.1) is 0 Å². The molecule has 0 radical (unpaired) electrons. The van der Waals surface area contributed by atoms with Crippen molar-refractivity contribution in [3.63, 3.8) is 0 Å². The van der Waals surface area contributed by atoms with Crippen molar-refractivity contribution in [1.82, 2.24) is 0 Å². The van der Waals surface area contributed by atoms with E-state index in [9.17, 15) is 0 Å². The summed E-state index contributed by atoms with van der Waals surface area (Å²) in [6.45, 7) is 31.8. The fraction of sp³-hybridized carbons (Fsp3) is 0.192. The van der Waals surface area contributed by atoms with E-state index in [-0.39, 0.29) is 27.1 Å². The van der Waals surface area contributed by atoms with Crippen molar-refractivity contribution in [2.75, 3.05) is 19.6 Å². The Bertz CT molecular complexity index is 5180. The molecule has 0 bridgehead atoms. The molecule has 548 valence electrons. The molecule has 0 amide bonds. The number of hydrogen-bond donors (Lipinski definition) is 0. The van der Waals surface area contributed by atoms with Gasteiger partial charge in [-0.1, -0.05) is 282 Å². The van der Waals surface area contributed by atoms with Gasteiger partial charge in [-0.2, -0.15) is 0 Å². The summed E-state index contributed by atoms with van der Waals surface area (Å²) in [5, 5.41) is 0. The molecular weight excluding hydrogens is 1420 g/mol. The molecule has 14 aromatic rings. The fourth-order valence-electron chi connectivity index (χ4n) is 16.0. The zero-order chi connectivity index (χ0) is 76.7. The second-order valence-electron chi connectivity index (χ2n) is 33.8. The van der Waals surface area contributed by atoms with Gasteiger partial charge in [0, 0.05) is 32.3 Å². The molecule has 0 unspecified atom stereocenters. The minimum atomic E-state index is -0.419. The van der Waals surface area contributed by atoms with E-state index >= 15 is 0 Å². The molecule has 110 heavy (non-hydrogen) atoms. The summed E-state index contributed by atoms with van der Waals surface area (Å²) in [6.07, 6.45) is 0. The Labute approximate surface area is 665 Å². The number of rotatable bonds is 6. The van der Waals surface area contributed by atoms with Crippen molar-refractivity contribution in [3.05, 3.63) is 407 Å². The quantitative estimate of drug-likeness (QED) is 0.153. The zero-order valence-corrected chi connectivity index (χ0v) is 68.6. The van der Waals surface area contributed by atoms with Crippen molar-refractivity contribution in [3.8, 4) is 0 Å². The Morgan fingerprint density at radius 3 is 0.764 bits per heavy atom. The minimum absolute atomic E-state index is 0.00492. The molecule has 6 heteroatoms. The average Bonchev–Trinajstić information content (AvgIpc) is 0.696. The predicted octanol–water partition coefficient (Wildman–Crippen LogP) is 27.6. The standard InChI is InChI=1S/C35H31N.C25H27N.C22H21NS.C22H21NSe/c1-34(2,3)26-22-24-29(25-23-26)36-32-20-12-10-18-30(32)35(27-14-6-4-7-15-27,28-16-8-5-9-17-28)31-19-11-13-21-33(31)36;1-24(2,3)18-14-16-19(17-15-18)26-22-12-8-6-10-20(22)25(4,5)21-11-7-9-13-23(21)26;2*1-22(2,3)16-12-14-17(15-13-16)23-18-8-4-6-10-20(18)24-21-11-7-5-9-19(21)23/h4-25H,1-3H3;6-17H,1-5H3;2*4-15H,1-3H3. The van der Waals surface area contributed by atoms with Crippen molar-refractivity contribution in [1.29, 1.82) is 0 Å². The van der Waals surface area contributed by atoms with E-state index in [1.165, 1.54) is 143 Å². The Kier molecular flexibility index (Phi) is 20.5. The van der Waals surface area contributed by atoms with Gasteiger partial charge < -0.3 is 14.7 Å². The van der Waals surface area contributed by atoms with Crippen LogP contribution in [0.25, 0.3) is 0 Å². The maximum absolute atomic E-state index is 2.43. The molecule has 14 aromatic carbocycles. The van der Waals surface area contributed by atoms with Crippen LogP contribution in [0.4, 0.5) is 68.2 Å². The first-order chi connectivity index (χ1) is 52.9. The van der Waals surface area contributed by atoms with Gasteiger partial charge in [-0.3, -0.25) is 0 Å². The molecule has 4 aliphatic rings. The summed E-state index contributed by atoms with van der Waals surface area (Å²) in [6, 6.07) is 128. The van der Waals surface area contributed by atoms with Gasteiger partial charge in [0.15, 0.2) is 0 Å².